The van der Waals surface area contributed by atoms with E-state index in [0.717, 1.165) is 6.42 Å². The van der Waals surface area contributed by atoms with E-state index in [4.69, 9.17) is 0 Å². The van der Waals surface area contributed by atoms with Crippen LogP contribution >= 0.6 is 0 Å². The zero-order valence-corrected chi connectivity index (χ0v) is 12.4. The van der Waals surface area contributed by atoms with E-state index in [-0.39, 0.29) is 22.9 Å². The first-order valence-electron chi connectivity index (χ1n) is 6.62. The lowest BCUT2D eigenvalue weighted by Gasteiger charge is -2.42. The number of rotatable bonds is 2. The molecule has 0 spiro atoms. The summed E-state index contributed by atoms with van der Waals surface area (Å²) in [6.07, 6.45) is 2.24. The number of hydrogen-bond acceptors (Lipinski definition) is 2. The zero-order chi connectivity index (χ0) is 14.2. The lowest BCUT2D eigenvalue weighted by atomic mass is 9.66. The third-order valence-electron chi connectivity index (χ3n) is 3.05. The molecule has 0 aromatic carbocycles. The fraction of sp³-hybridized carbons (Fsp3) is 0.857. The second-order valence-electron chi connectivity index (χ2n) is 7.34. The van der Waals surface area contributed by atoms with E-state index in [1.54, 1.807) is 0 Å². The smallest absolute Gasteiger partial charge is 0.236 e. The molecule has 0 atom stereocenters. The molecule has 0 unspecified atom stereocenters. The monoisotopic (exact) mass is 254 g/mol. The van der Waals surface area contributed by atoms with Crippen molar-refractivity contribution in [1.29, 1.82) is 0 Å². The van der Waals surface area contributed by atoms with Crippen LogP contribution in [-0.2, 0) is 9.59 Å². The Hall–Kier alpha value is -1.06. The van der Waals surface area contributed by atoms with Gasteiger partial charge in [-0.25, -0.2) is 0 Å². The van der Waals surface area contributed by atoms with Gasteiger partial charge in [0.25, 0.3) is 0 Å². The van der Waals surface area contributed by atoms with Crippen molar-refractivity contribution in [2.24, 2.45) is 5.41 Å². The van der Waals surface area contributed by atoms with Crippen molar-refractivity contribution in [1.82, 2.24) is 10.6 Å². The van der Waals surface area contributed by atoms with Crippen LogP contribution in [0.3, 0.4) is 0 Å². The average molecular weight is 254 g/mol. The van der Waals surface area contributed by atoms with Gasteiger partial charge >= 0.3 is 0 Å². The first-order valence-corrected chi connectivity index (χ1v) is 6.62. The highest BCUT2D eigenvalue weighted by atomic mass is 16.2. The third-order valence-corrected chi connectivity index (χ3v) is 3.05. The summed E-state index contributed by atoms with van der Waals surface area (Å²) in [5.74, 6) is -0.272. The minimum absolute atomic E-state index is 0.136. The third kappa shape index (κ3) is 3.47. The zero-order valence-electron chi connectivity index (χ0n) is 12.4. The van der Waals surface area contributed by atoms with Gasteiger partial charge in [0, 0.05) is 11.1 Å². The predicted molar refractivity (Wildman–Crippen MR) is 72.1 cm³/mol. The maximum Gasteiger partial charge on any atom is 0.236 e. The fourth-order valence-electron chi connectivity index (χ4n) is 2.01. The molecule has 1 saturated carbocycles. The van der Waals surface area contributed by atoms with Crippen molar-refractivity contribution in [3.05, 3.63) is 0 Å². The predicted octanol–water partition coefficient (Wildman–Crippen LogP) is 1.99. The van der Waals surface area contributed by atoms with Crippen molar-refractivity contribution in [3.63, 3.8) is 0 Å². The quantitative estimate of drug-likeness (QED) is 0.740. The summed E-state index contributed by atoms with van der Waals surface area (Å²) in [7, 11) is 0. The summed E-state index contributed by atoms with van der Waals surface area (Å²) >= 11 is 0. The molecular formula is C14H26N2O2. The van der Waals surface area contributed by atoms with E-state index < -0.39 is 5.41 Å². The first kappa shape index (κ1) is 15.0. The SMILES string of the molecule is CC(C)(C)NC(=O)C1(C(=O)NC(C)(C)C)CCC1. The standard InChI is InChI=1S/C14H26N2O2/c1-12(2,3)15-10(17)14(8-7-9-14)11(18)16-13(4,5)6/h7-9H2,1-6H3,(H,15,17)(H,16,18). The summed E-state index contributed by atoms with van der Waals surface area (Å²) in [5.41, 5.74) is -1.45. The highest BCUT2D eigenvalue weighted by Gasteiger charge is 2.51. The molecule has 1 rings (SSSR count). The van der Waals surface area contributed by atoms with Crippen molar-refractivity contribution < 1.29 is 9.59 Å². The molecule has 4 heteroatoms. The molecule has 0 heterocycles. The van der Waals surface area contributed by atoms with Gasteiger partial charge in [0.05, 0.1) is 0 Å². The summed E-state index contributed by atoms with van der Waals surface area (Å²) in [6, 6.07) is 0. The Kier molecular flexibility index (Phi) is 3.80. The highest BCUT2D eigenvalue weighted by molar-refractivity contribution is 6.06. The second kappa shape index (κ2) is 4.56. The first-order chi connectivity index (χ1) is 7.96. The van der Waals surface area contributed by atoms with Gasteiger partial charge < -0.3 is 10.6 Å². The van der Waals surface area contributed by atoms with Gasteiger partial charge in [-0.3, -0.25) is 9.59 Å². The minimum atomic E-state index is -0.847. The van der Waals surface area contributed by atoms with E-state index in [0.29, 0.717) is 12.8 Å². The molecule has 2 N–H and O–H groups in total. The molecule has 0 aromatic rings. The number of amides is 2. The molecule has 18 heavy (non-hydrogen) atoms. The van der Waals surface area contributed by atoms with E-state index >= 15 is 0 Å². The number of hydrogen-bond donors (Lipinski definition) is 2. The Bertz CT molecular complexity index is 314. The van der Waals surface area contributed by atoms with Crippen LogP contribution in [0.2, 0.25) is 0 Å². The van der Waals surface area contributed by atoms with Gasteiger partial charge in [0.1, 0.15) is 5.41 Å². The molecule has 0 saturated heterocycles. The van der Waals surface area contributed by atoms with E-state index in [2.05, 4.69) is 10.6 Å². The second-order valence-corrected chi connectivity index (χ2v) is 7.34. The number of carbonyl (C=O) groups is 2. The number of nitrogens with one attached hydrogen (secondary N) is 2. The summed E-state index contributed by atoms with van der Waals surface area (Å²) in [4.78, 5) is 24.6. The van der Waals surface area contributed by atoms with Crippen LogP contribution in [0.1, 0.15) is 60.8 Å². The van der Waals surface area contributed by atoms with E-state index in [1.165, 1.54) is 0 Å². The Morgan fingerprint density at radius 2 is 1.17 bits per heavy atom. The molecule has 0 radical (unpaired) electrons. The molecule has 104 valence electrons. The molecule has 0 aliphatic heterocycles. The van der Waals surface area contributed by atoms with Crippen molar-refractivity contribution in [3.8, 4) is 0 Å². The van der Waals surface area contributed by atoms with E-state index in [9.17, 15) is 9.59 Å². The van der Waals surface area contributed by atoms with Crippen LogP contribution in [0.5, 0.6) is 0 Å². The average Bonchev–Trinajstić information content (AvgIpc) is 1.92. The van der Waals surface area contributed by atoms with Crippen LogP contribution in [0.25, 0.3) is 0 Å². The van der Waals surface area contributed by atoms with Gasteiger partial charge in [0.2, 0.25) is 11.8 Å². The minimum Gasteiger partial charge on any atom is -0.351 e. The lowest BCUT2D eigenvalue weighted by Crippen LogP contribution is -2.60. The summed E-state index contributed by atoms with van der Waals surface area (Å²) in [6.45, 7) is 11.6. The Balaban J connectivity index is 2.80. The molecule has 1 fully saturated rings. The van der Waals surface area contributed by atoms with Crippen molar-refractivity contribution >= 4 is 11.8 Å². The topological polar surface area (TPSA) is 58.2 Å². The molecule has 1 aliphatic carbocycles. The van der Waals surface area contributed by atoms with Gasteiger partial charge in [0.15, 0.2) is 0 Å². The van der Waals surface area contributed by atoms with Crippen LogP contribution in [-0.4, -0.2) is 22.9 Å². The Morgan fingerprint density at radius 1 is 0.833 bits per heavy atom. The lowest BCUT2D eigenvalue weighted by molar-refractivity contribution is -0.151. The van der Waals surface area contributed by atoms with E-state index in [1.807, 2.05) is 41.5 Å². The maximum absolute atomic E-state index is 12.3. The van der Waals surface area contributed by atoms with Crippen LogP contribution in [0.4, 0.5) is 0 Å². The fourth-order valence-corrected chi connectivity index (χ4v) is 2.01. The molecule has 0 bridgehead atoms. The summed E-state index contributed by atoms with van der Waals surface area (Å²) < 4.78 is 0. The maximum atomic E-state index is 12.3. The highest BCUT2D eigenvalue weighted by Crippen LogP contribution is 2.42. The molecular weight excluding hydrogens is 228 g/mol. The normalized spacial score (nSPS) is 18.8. The Labute approximate surface area is 110 Å². The van der Waals surface area contributed by atoms with Gasteiger partial charge in [-0.05, 0) is 54.4 Å². The van der Waals surface area contributed by atoms with Crippen LogP contribution in [0.15, 0.2) is 0 Å². The molecule has 4 nitrogen and oxygen atoms in total. The Morgan fingerprint density at radius 3 is 1.33 bits per heavy atom. The molecule has 0 aromatic heterocycles. The van der Waals surface area contributed by atoms with Gasteiger partial charge in [-0.15, -0.1) is 0 Å². The molecule has 2 amide bonds. The van der Waals surface area contributed by atoms with Crippen LogP contribution in [0, 0.1) is 5.41 Å². The molecule has 1 aliphatic rings. The summed E-state index contributed by atoms with van der Waals surface area (Å²) in [5, 5.41) is 5.86. The number of carbonyl (C=O) groups excluding carboxylic acids is 2. The van der Waals surface area contributed by atoms with Crippen LogP contribution < -0.4 is 10.6 Å². The van der Waals surface area contributed by atoms with Crippen molar-refractivity contribution in [2.45, 2.75) is 71.9 Å². The van der Waals surface area contributed by atoms with Gasteiger partial charge in [-0.2, -0.15) is 0 Å². The van der Waals surface area contributed by atoms with Crippen molar-refractivity contribution in [2.75, 3.05) is 0 Å². The largest absolute Gasteiger partial charge is 0.351 e. The van der Waals surface area contributed by atoms with Gasteiger partial charge in [-0.1, -0.05) is 6.42 Å².